The molecule has 1 atom stereocenters. The number of nitrogens with two attached hydrogens (primary N) is 1. The molecule has 4 rings (SSSR count). The van der Waals surface area contributed by atoms with Crippen LogP contribution in [0.4, 0.5) is 0 Å². The Morgan fingerprint density at radius 1 is 1.04 bits per heavy atom. The fraction of sp³-hybridized carbons (Fsp3) is 0.105. The quantitative estimate of drug-likeness (QED) is 0.340. The maximum atomic E-state index is 10.7. The zero-order valence-electron chi connectivity index (χ0n) is 13.7. The Hall–Kier alpha value is -2.09. The Kier molecular flexibility index (Phi) is 5.80. The van der Waals surface area contributed by atoms with E-state index in [4.69, 9.17) is 10.8 Å². The average Bonchev–Trinajstić information content (AvgIpc) is 3.22. The van der Waals surface area contributed by atoms with Crippen molar-refractivity contribution in [2.45, 2.75) is 12.5 Å². The number of rotatable bonds is 3. The Bertz CT molecular complexity index is 1060. The summed E-state index contributed by atoms with van der Waals surface area (Å²) in [5.74, 6) is -0.982. The first-order chi connectivity index (χ1) is 12.4. The summed E-state index contributed by atoms with van der Waals surface area (Å²) >= 11 is 6.79. The molecule has 0 amide bonds. The van der Waals surface area contributed by atoms with E-state index < -0.39 is 12.0 Å². The minimum atomic E-state index is -0.982. The summed E-state index contributed by atoms with van der Waals surface area (Å²) in [4.78, 5) is 16.9. The van der Waals surface area contributed by atoms with Gasteiger partial charge < -0.3 is 20.8 Å². The van der Waals surface area contributed by atoms with Crippen LogP contribution in [-0.4, -0.2) is 27.1 Å². The van der Waals surface area contributed by atoms with Gasteiger partial charge in [-0.3, -0.25) is 4.79 Å². The lowest BCUT2D eigenvalue weighted by Crippen LogP contribution is -2.32. The number of hydrogen-bond donors (Lipinski definition) is 4. The first kappa shape index (κ1) is 18.7. The van der Waals surface area contributed by atoms with Gasteiger partial charge in [-0.15, -0.1) is 0 Å². The van der Waals surface area contributed by atoms with Crippen LogP contribution in [0.25, 0.3) is 21.8 Å². The van der Waals surface area contributed by atoms with Crippen LogP contribution in [0.3, 0.4) is 0 Å². The van der Waals surface area contributed by atoms with Gasteiger partial charge in [-0.1, -0.05) is 31.9 Å². The SMILES string of the molecule is Brc1ccc2[nH]ccc2c1.NC(Cc1c[nH]c2ccc(Br)cc12)C(=O)O. The predicted octanol–water partition coefficient (Wildman–Crippen LogP) is 4.82. The smallest absolute Gasteiger partial charge is 0.320 e. The monoisotopic (exact) mass is 477 g/mol. The van der Waals surface area contributed by atoms with Crippen LogP contribution in [0, 0.1) is 0 Å². The number of H-pyrrole nitrogens is 2. The minimum absolute atomic E-state index is 0.325. The van der Waals surface area contributed by atoms with E-state index in [1.54, 1.807) is 6.20 Å². The van der Waals surface area contributed by atoms with Gasteiger partial charge in [0.15, 0.2) is 0 Å². The van der Waals surface area contributed by atoms with Crippen LogP contribution in [0.2, 0.25) is 0 Å². The summed E-state index contributed by atoms with van der Waals surface area (Å²) < 4.78 is 2.09. The Morgan fingerprint density at radius 3 is 2.46 bits per heavy atom. The van der Waals surface area contributed by atoms with Crippen molar-refractivity contribution in [3.8, 4) is 0 Å². The van der Waals surface area contributed by atoms with E-state index in [1.165, 1.54) is 10.9 Å². The number of carboxylic acids is 1. The molecule has 26 heavy (non-hydrogen) atoms. The molecule has 2 heterocycles. The first-order valence-electron chi connectivity index (χ1n) is 7.90. The molecule has 0 saturated heterocycles. The van der Waals surface area contributed by atoms with Gasteiger partial charge in [-0.05, 0) is 48.0 Å². The lowest BCUT2D eigenvalue weighted by Gasteiger charge is -2.04. The first-order valence-corrected chi connectivity index (χ1v) is 9.49. The number of aromatic nitrogens is 2. The van der Waals surface area contributed by atoms with E-state index >= 15 is 0 Å². The number of benzene rings is 2. The number of aromatic amines is 2. The molecule has 0 saturated carbocycles. The normalized spacial score (nSPS) is 12.0. The summed E-state index contributed by atoms with van der Waals surface area (Å²) in [6.07, 6.45) is 4.07. The van der Waals surface area contributed by atoms with Gasteiger partial charge in [-0.2, -0.15) is 0 Å². The molecular formula is C19H17Br2N3O2. The van der Waals surface area contributed by atoms with Crippen LogP contribution in [-0.2, 0) is 11.2 Å². The number of fused-ring (bicyclic) bond motifs is 2. The van der Waals surface area contributed by atoms with Crippen molar-refractivity contribution in [3.05, 3.63) is 69.4 Å². The molecule has 4 aromatic rings. The summed E-state index contributed by atoms with van der Waals surface area (Å²) in [6, 6.07) is 13.2. The second-order valence-electron chi connectivity index (χ2n) is 5.86. The lowest BCUT2D eigenvalue weighted by molar-refractivity contribution is -0.138. The van der Waals surface area contributed by atoms with Gasteiger partial charge in [0.25, 0.3) is 0 Å². The molecule has 134 valence electrons. The Morgan fingerprint density at radius 2 is 1.73 bits per heavy atom. The van der Waals surface area contributed by atoms with Crippen LogP contribution in [0.15, 0.2) is 63.8 Å². The summed E-state index contributed by atoms with van der Waals surface area (Å²) in [5, 5.41) is 11.0. The average molecular weight is 479 g/mol. The molecule has 2 aromatic carbocycles. The highest BCUT2D eigenvalue weighted by Gasteiger charge is 2.14. The van der Waals surface area contributed by atoms with Gasteiger partial charge in [-0.25, -0.2) is 0 Å². The zero-order chi connectivity index (χ0) is 18.7. The summed E-state index contributed by atoms with van der Waals surface area (Å²) in [7, 11) is 0. The highest BCUT2D eigenvalue weighted by Crippen LogP contribution is 2.23. The molecule has 0 fully saturated rings. The molecule has 0 bridgehead atoms. The van der Waals surface area contributed by atoms with Crippen molar-refractivity contribution >= 4 is 59.6 Å². The third-order valence-corrected chi connectivity index (χ3v) is 4.99. The molecule has 1 unspecified atom stereocenters. The summed E-state index contributed by atoms with van der Waals surface area (Å²) in [6.45, 7) is 0. The van der Waals surface area contributed by atoms with Crippen LogP contribution in [0.1, 0.15) is 5.56 Å². The third-order valence-electron chi connectivity index (χ3n) is 4.00. The van der Waals surface area contributed by atoms with E-state index in [1.807, 2.05) is 30.5 Å². The summed E-state index contributed by atoms with van der Waals surface area (Å²) in [5.41, 5.74) is 8.60. The van der Waals surface area contributed by atoms with Crippen molar-refractivity contribution < 1.29 is 9.90 Å². The molecule has 0 aliphatic heterocycles. The molecule has 5 nitrogen and oxygen atoms in total. The van der Waals surface area contributed by atoms with Crippen molar-refractivity contribution in [2.24, 2.45) is 5.73 Å². The maximum absolute atomic E-state index is 10.7. The third kappa shape index (κ3) is 4.35. The van der Waals surface area contributed by atoms with Gasteiger partial charge in [0.1, 0.15) is 6.04 Å². The molecular weight excluding hydrogens is 462 g/mol. The van der Waals surface area contributed by atoms with Crippen molar-refractivity contribution in [1.82, 2.24) is 9.97 Å². The fourth-order valence-corrected chi connectivity index (χ4v) is 3.41. The number of hydrogen-bond acceptors (Lipinski definition) is 2. The van der Waals surface area contributed by atoms with Gasteiger partial charge >= 0.3 is 5.97 Å². The number of carbonyl (C=O) groups is 1. The minimum Gasteiger partial charge on any atom is -0.480 e. The molecule has 0 spiro atoms. The van der Waals surface area contributed by atoms with Crippen LogP contribution < -0.4 is 5.73 Å². The van der Waals surface area contributed by atoms with E-state index in [0.717, 1.165) is 25.4 Å². The predicted molar refractivity (Wildman–Crippen MR) is 111 cm³/mol. The van der Waals surface area contributed by atoms with Gasteiger partial charge in [0.05, 0.1) is 0 Å². The lowest BCUT2D eigenvalue weighted by atomic mass is 10.1. The van der Waals surface area contributed by atoms with Crippen LogP contribution >= 0.6 is 31.9 Å². The van der Waals surface area contributed by atoms with E-state index in [9.17, 15) is 4.79 Å². The molecule has 0 aliphatic carbocycles. The topological polar surface area (TPSA) is 94.9 Å². The fourth-order valence-electron chi connectivity index (χ4n) is 2.67. The number of carboxylic acid groups (broad SMARTS) is 1. The molecule has 7 heteroatoms. The Balaban J connectivity index is 0.000000167. The van der Waals surface area contributed by atoms with E-state index in [0.29, 0.717) is 6.42 Å². The highest BCUT2D eigenvalue weighted by molar-refractivity contribution is 9.10. The van der Waals surface area contributed by atoms with E-state index in [-0.39, 0.29) is 0 Å². The molecule has 0 radical (unpaired) electrons. The second kappa shape index (κ2) is 8.07. The molecule has 0 aliphatic rings. The number of nitrogens with one attached hydrogen (secondary N) is 2. The van der Waals surface area contributed by atoms with Gasteiger partial charge in [0.2, 0.25) is 0 Å². The highest BCUT2D eigenvalue weighted by atomic mass is 79.9. The van der Waals surface area contributed by atoms with Gasteiger partial charge in [0, 0.05) is 49.6 Å². The Labute approximate surface area is 166 Å². The maximum Gasteiger partial charge on any atom is 0.320 e. The van der Waals surface area contributed by atoms with Crippen LogP contribution in [0.5, 0.6) is 0 Å². The molecule has 5 N–H and O–H groups in total. The standard InChI is InChI=1S/C11H11BrN2O2.C8H6BrN/c12-7-1-2-10-8(4-7)6(5-14-10)3-9(13)11(15)16;9-7-1-2-8-6(5-7)3-4-10-8/h1-2,4-5,9,14H,3,13H2,(H,15,16);1-5,10H. The van der Waals surface area contributed by atoms with E-state index in [2.05, 4.69) is 60.0 Å². The number of aliphatic carboxylic acids is 1. The largest absolute Gasteiger partial charge is 0.480 e. The van der Waals surface area contributed by atoms with Crippen molar-refractivity contribution in [2.75, 3.05) is 0 Å². The van der Waals surface area contributed by atoms with Crippen molar-refractivity contribution in [3.63, 3.8) is 0 Å². The second-order valence-corrected chi connectivity index (χ2v) is 7.69. The zero-order valence-corrected chi connectivity index (χ0v) is 16.8. The van der Waals surface area contributed by atoms with Crippen molar-refractivity contribution in [1.29, 1.82) is 0 Å². The number of halogens is 2. The molecule has 2 aromatic heterocycles.